The van der Waals surface area contributed by atoms with Crippen LogP contribution in [0.4, 0.5) is 9.93 Å². The van der Waals surface area contributed by atoms with Gasteiger partial charge >= 0.3 is 12.0 Å². The highest BCUT2D eigenvalue weighted by Crippen LogP contribution is 2.41. The van der Waals surface area contributed by atoms with Crippen LogP contribution >= 0.6 is 11.3 Å². The highest BCUT2D eigenvalue weighted by atomic mass is 32.1. The van der Waals surface area contributed by atoms with Crippen LogP contribution in [0.25, 0.3) is 0 Å². The van der Waals surface area contributed by atoms with Gasteiger partial charge in [0.15, 0.2) is 5.13 Å². The zero-order valence-corrected chi connectivity index (χ0v) is 17.3. The fourth-order valence-corrected chi connectivity index (χ4v) is 4.75. The number of urea groups is 1. The van der Waals surface area contributed by atoms with Crippen molar-refractivity contribution in [1.29, 1.82) is 0 Å². The third kappa shape index (κ3) is 3.22. The van der Waals surface area contributed by atoms with Gasteiger partial charge < -0.3 is 15.4 Å². The molecule has 2 N–H and O–H groups in total. The van der Waals surface area contributed by atoms with Crippen molar-refractivity contribution in [3.05, 3.63) is 46.0 Å². The van der Waals surface area contributed by atoms with Crippen LogP contribution in [-0.4, -0.2) is 46.9 Å². The lowest BCUT2D eigenvalue weighted by atomic mass is 9.92. The Balaban J connectivity index is 1.47. The summed E-state index contributed by atoms with van der Waals surface area (Å²) in [7, 11) is 0. The molecule has 1 aromatic carbocycles. The smallest absolute Gasteiger partial charge is 0.350 e. The molecular formula is C20H20N4O5S. The summed E-state index contributed by atoms with van der Waals surface area (Å²) in [5.41, 5.74) is 1.12. The van der Waals surface area contributed by atoms with Crippen molar-refractivity contribution in [2.24, 2.45) is 0 Å². The maximum Gasteiger partial charge on any atom is 0.350 e. The molecule has 2 aliphatic rings. The number of nitrogens with zero attached hydrogens (tertiary/aromatic N) is 2. The zero-order chi connectivity index (χ0) is 21.5. The minimum atomic E-state index is -1.11. The fraction of sp³-hybridized carbons (Fsp3) is 0.350. The van der Waals surface area contributed by atoms with Crippen LogP contribution in [0.15, 0.2) is 24.3 Å². The first kappa shape index (κ1) is 20.0. The molecule has 1 aliphatic carbocycles. The first-order valence-electron chi connectivity index (χ1n) is 9.52. The van der Waals surface area contributed by atoms with E-state index in [1.165, 1.54) is 0 Å². The standard InChI is InChI=1S/C20H20N4O5S/c1-3-29-16(26)15-11(2)21-18(30-15)22-14(25)10-24-17(27)20(23-19(24)28)9-8-12-6-4-5-7-13(12)20/h4-7H,3,8-10H2,1-2H3,(H,23,28)(H,21,22,25). The Morgan fingerprint density at radius 1 is 1.33 bits per heavy atom. The minimum Gasteiger partial charge on any atom is -0.462 e. The Morgan fingerprint density at radius 2 is 2.10 bits per heavy atom. The number of carbonyl (C=O) groups is 4. The van der Waals surface area contributed by atoms with E-state index in [-0.39, 0.29) is 11.7 Å². The summed E-state index contributed by atoms with van der Waals surface area (Å²) in [4.78, 5) is 55.4. The van der Waals surface area contributed by atoms with Gasteiger partial charge in [-0.15, -0.1) is 0 Å². The summed E-state index contributed by atoms with van der Waals surface area (Å²) in [5.74, 6) is -1.52. The molecule has 1 unspecified atom stereocenters. The first-order valence-corrected chi connectivity index (χ1v) is 10.3. The molecule has 1 aliphatic heterocycles. The molecule has 1 aromatic heterocycles. The Hall–Kier alpha value is -3.27. The minimum absolute atomic E-state index is 0.202. The number of ether oxygens (including phenoxy) is 1. The largest absolute Gasteiger partial charge is 0.462 e. The molecule has 4 amide bonds. The predicted molar refractivity (Wildman–Crippen MR) is 108 cm³/mol. The second kappa shape index (κ2) is 7.52. The van der Waals surface area contributed by atoms with Gasteiger partial charge in [0.2, 0.25) is 5.91 Å². The molecule has 2 heterocycles. The zero-order valence-electron chi connectivity index (χ0n) is 16.5. The number of amides is 4. The van der Waals surface area contributed by atoms with E-state index in [0.29, 0.717) is 23.4 Å². The van der Waals surface area contributed by atoms with Gasteiger partial charge in [-0.3, -0.25) is 14.5 Å². The molecule has 1 fully saturated rings. The molecule has 0 saturated carbocycles. The normalized spacial score (nSPS) is 19.7. The number of fused-ring (bicyclic) bond motifs is 2. The van der Waals surface area contributed by atoms with Crippen molar-refractivity contribution in [2.45, 2.75) is 32.2 Å². The summed E-state index contributed by atoms with van der Waals surface area (Å²) in [6.45, 7) is 3.12. The highest BCUT2D eigenvalue weighted by Gasteiger charge is 2.55. The van der Waals surface area contributed by atoms with E-state index in [9.17, 15) is 19.2 Å². The molecule has 1 saturated heterocycles. The molecule has 9 nitrogen and oxygen atoms in total. The van der Waals surface area contributed by atoms with Gasteiger partial charge in [0.1, 0.15) is 17.0 Å². The van der Waals surface area contributed by atoms with Crippen molar-refractivity contribution in [3.63, 3.8) is 0 Å². The lowest BCUT2D eigenvalue weighted by Gasteiger charge is -2.22. The van der Waals surface area contributed by atoms with Crippen molar-refractivity contribution in [2.75, 3.05) is 18.5 Å². The van der Waals surface area contributed by atoms with E-state index >= 15 is 0 Å². The van der Waals surface area contributed by atoms with Crippen molar-refractivity contribution in [1.82, 2.24) is 15.2 Å². The summed E-state index contributed by atoms with van der Waals surface area (Å²) in [6, 6.07) is 6.89. The number of aryl methyl sites for hydroxylation is 2. The number of hydrogen-bond acceptors (Lipinski definition) is 7. The summed E-state index contributed by atoms with van der Waals surface area (Å²) in [6.07, 6.45) is 1.14. The van der Waals surface area contributed by atoms with E-state index in [1.807, 2.05) is 24.3 Å². The lowest BCUT2D eigenvalue weighted by Crippen LogP contribution is -2.42. The summed E-state index contributed by atoms with van der Waals surface area (Å²) in [5, 5.41) is 5.54. The third-order valence-electron chi connectivity index (χ3n) is 5.23. The van der Waals surface area contributed by atoms with Gasteiger partial charge in [0, 0.05) is 0 Å². The topological polar surface area (TPSA) is 118 Å². The number of nitrogens with one attached hydrogen (secondary N) is 2. The average molecular weight is 428 g/mol. The molecule has 10 heteroatoms. The maximum atomic E-state index is 13.1. The highest BCUT2D eigenvalue weighted by molar-refractivity contribution is 7.17. The van der Waals surface area contributed by atoms with Crippen LogP contribution in [0, 0.1) is 6.92 Å². The van der Waals surface area contributed by atoms with Gasteiger partial charge in [-0.2, -0.15) is 0 Å². The second-order valence-electron chi connectivity index (χ2n) is 7.09. The molecule has 0 bridgehead atoms. The van der Waals surface area contributed by atoms with Gasteiger partial charge in [-0.25, -0.2) is 14.6 Å². The third-order valence-corrected chi connectivity index (χ3v) is 6.28. The fourth-order valence-electron chi connectivity index (χ4n) is 3.87. The van der Waals surface area contributed by atoms with Crippen LogP contribution in [0.1, 0.15) is 39.8 Å². The molecule has 4 rings (SSSR count). The van der Waals surface area contributed by atoms with Gasteiger partial charge in [-0.05, 0) is 37.8 Å². The number of carbonyl (C=O) groups excluding carboxylic acids is 4. The van der Waals surface area contributed by atoms with Crippen molar-refractivity contribution < 1.29 is 23.9 Å². The number of aromatic nitrogens is 1. The molecule has 1 spiro atoms. The second-order valence-corrected chi connectivity index (χ2v) is 8.09. The van der Waals surface area contributed by atoms with E-state index in [1.54, 1.807) is 13.8 Å². The van der Waals surface area contributed by atoms with Gasteiger partial charge in [-0.1, -0.05) is 35.6 Å². The van der Waals surface area contributed by atoms with Crippen LogP contribution < -0.4 is 10.6 Å². The molecule has 2 aromatic rings. The average Bonchev–Trinajstić information content (AvgIpc) is 3.33. The monoisotopic (exact) mass is 428 g/mol. The molecule has 30 heavy (non-hydrogen) atoms. The molecule has 0 radical (unpaired) electrons. The Kier molecular flexibility index (Phi) is 5.02. The first-order chi connectivity index (χ1) is 14.4. The van der Waals surface area contributed by atoms with Crippen molar-refractivity contribution >= 4 is 40.3 Å². The van der Waals surface area contributed by atoms with Crippen LogP contribution in [-0.2, 0) is 26.3 Å². The summed E-state index contributed by atoms with van der Waals surface area (Å²) < 4.78 is 4.96. The van der Waals surface area contributed by atoms with E-state index in [4.69, 9.17) is 4.74 Å². The number of imide groups is 1. The maximum absolute atomic E-state index is 13.1. The molecular weight excluding hydrogens is 408 g/mol. The SMILES string of the molecule is CCOC(=O)c1sc(NC(=O)CN2C(=O)NC3(CCc4ccccc43)C2=O)nc1C. The van der Waals surface area contributed by atoms with Crippen LogP contribution in [0.5, 0.6) is 0 Å². The molecule has 1 atom stereocenters. The predicted octanol–water partition coefficient (Wildman–Crippen LogP) is 1.96. The van der Waals surface area contributed by atoms with Gasteiger partial charge in [0.05, 0.1) is 12.3 Å². The van der Waals surface area contributed by atoms with Crippen LogP contribution in [0.2, 0.25) is 0 Å². The lowest BCUT2D eigenvalue weighted by molar-refractivity contribution is -0.134. The number of benzene rings is 1. The van der Waals surface area contributed by atoms with E-state index in [0.717, 1.165) is 27.4 Å². The number of anilines is 1. The number of thiazole rings is 1. The van der Waals surface area contributed by atoms with Crippen molar-refractivity contribution in [3.8, 4) is 0 Å². The quantitative estimate of drug-likeness (QED) is 0.555. The number of hydrogen-bond donors (Lipinski definition) is 2. The van der Waals surface area contributed by atoms with E-state index < -0.39 is 35.9 Å². The Morgan fingerprint density at radius 3 is 2.87 bits per heavy atom. The Labute approximate surface area is 176 Å². The Bertz CT molecular complexity index is 1070. The van der Waals surface area contributed by atoms with Gasteiger partial charge in [0.25, 0.3) is 5.91 Å². The van der Waals surface area contributed by atoms with Crippen LogP contribution in [0.3, 0.4) is 0 Å². The number of esters is 1. The number of rotatable bonds is 5. The summed E-state index contributed by atoms with van der Waals surface area (Å²) >= 11 is 0.983. The molecule has 156 valence electrons. The van der Waals surface area contributed by atoms with E-state index in [2.05, 4.69) is 15.6 Å².